The molecule has 0 aliphatic heterocycles. The predicted octanol–water partition coefficient (Wildman–Crippen LogP) is 1.84. The van der Waals surface area contributed by atoms with E-state index in [9.17, 15) is 4.79 Å². The van der Waals surface area contributed by atoms with Crippen LogP contribution in [-0.4, -0.2) is 31.2 Å². The van der Waals surface area contributed by atoms with Crippen LogP contribution in [0.25, 0.3) is 0 Å². The van der Waals surface area contributed by atoms with Crippen LogP contribution >= 0.6 is 0 Å². The van der Waals surface area contributed by atoms with E-state index in [0.29, 0.717) is 11.3 Å². The molecule has 0 radical (unpaired) electrons. The highest BCUT2D eigenvalue weighted by molar-refractivity contribution is 5.95. The highest BCUT2D eigenvalue weighted by atomic mass is 16.2. The van der Waals surface area contributed by atoms with Crippen LogP contribution in [0, 0.1) is 5.41 Å². The van der Waals surface area contributed by atoms with E-state index in [-0.39, 0.29) is 17.9 Å². The summed E-state index contributed by atoms with van der Waals surface area (Å²) in [4.78, 5) is 11.5. The molecule has 0 aliphatic rings. The Bertz CT molecular complexity index is 458. The second-order valence-electron chi connectivity index (χ2n) is 5.73. The van der Waals surface area contributed by atoms with Gasteiger partial charge in [-0.25, -0.2) is 0 Å². The number of amides is 1. The van der Waals surface area contributed by atoms with Gasteiger partial charge in [-0.1, -0.05) is 13.8 Å². The summed E-state index contributed by atoms with van der Waals surface area (Å²) in [7, 11) is 1.59. The maximum Gasteiger partial charge on any atom is 0.251 e. The number of nitrogens with one attached hydrogen (secondary N) is 2. The van der Waals surface area contributed by atoms with Crippen molar-refractivity contribution in [3.63, 3.8) is 0 Å². The molecule has 5 heteroatoms. The molecule has 0 aliphatic carbocycles. The summed E-state index contributed by atoms with van der Waals surface area (Å²) in [5.74, 6) is -0.147. The summed E-state index contributed by atoms with van der Waals surface area (Å²) in [6, 6.07) is 5.24. The first kappa shape index (κ1) is 16.3. The monoisotopic (exact) mass is 279 g/mol. The highest BCUT2D eigenvalue weighted by Gasteiger charge is 2.17. The van der Waals surface area contributed by atoms with Crippen molar-refractivity contribution in [3.05, 3.63) is 23.8 Å². The molecule has 0 unspecified atom stereocenters. The minimum absolute atomic E-state index is 0.0780. The van der Waals surface area contributed by atoms with E-state index >= 15 is 0 Å². The van der Waals surface area contributed by atoms with Crippen LogP contribution in [0.1, 0.15) is 37.0 Å². The molecule has 20 heavy (non-hydrogen) atoms. The number of rotatable bonds is 7. The molecule has 112 valence electrons. The highest BCUT2D eigenvalue weighted by Crippen LogP contribution is 2.25. The van der Waals surface area contributed by atoms with E-state index in [2.05, 4.69) is 24.5 Å². The first-order chi connectivity index (χ1) is 9.39. The fourth-order valence-corrected chi connectivity index (χ4v) is 1.99. The van der Waals surface area contributed by atoms with Crippen molar-refractivity contribution in [2.45, 2.75) is 26.7 Å². The zero-order chi connectivity index (χ0) is 15.2. The molecule has 1 aromatic rings. The summed E-state index contributed by atoms with van der Waals surface area (Å²) in [5.41, 5.74) is 7.98. The summed E-state index contributed by atoms with van der Waals surface area (Å²) >= 11 is 0. The number of hydrogen-bond donors (Lipinski definition) is 4. The molecule has 5 nitrogen and oxygen atoms in total. The van der Waals surface area contributed by atoms with E-state index in [1.165, 1.54) is 0 Å². The average Bonchev–Trinajstić information content (AvgIpc) is 2.43. The van der Waals surface area contributed by atoms with Crippen LogP contribution in [0.3, 0.4) is 0 Å². The lowest BCUT2D eigenvalue weighted by atomic mass is 9.88. The number of nitrogen functional groups attached to an aromatic ring is 1. The minimum Gasteiger partial charge on any atom is -0.397 e. The normalized spacial score (nSPS) is 11.2. The molecule has 0 fully saturated rings. The Labute approximate surface area is 120 Å². The maximum absolute atomic E-state index is 11.5. The number of anilines is 2. The number of aliphatic hydroxyl groups excluding tert-OH is 1. The van der Waals surface area contributed by atoms with Crippen molar-refractivity contribution in [2.24, 2.45) is 5.41 Å². The van der Waals surface area contributed by atoms with E-state index < -0.39 is 0 Å². The van der Waals surface area contributed by atoms with Crippen molar-refractivity contribution >= 4 is 17.3 Å². The van der Waals surface area contributed by atoms with Crippen LogP contribution in [0.2, 0.25) is 0 Å². The number of hydrogen-bond acceptors (Lipinski definition) is 4. The molecule has 0 saturated heterocycles. The van der Waals surface area contributed by atoms with E-state index in [0.717, 1.165) is 25.1 Å². The molecule has 1 aromatic carbocycles. The minimum atomic E-state index is -0.147. The third-order valence-electron chi connectivity index (χ3n) is 3.31. The van der Waals surface area contributed by atoms with Gasteiger partial charge in [0, 0.05) is 25.8 Å². The maximum atomic E-state index is 11.5. The van der Waals surface area contributed by atoms with Crippen LogP contribution in [0.15, 0.2) is 18.2 Å². The first-order valence-corrected chi connectivity index (χ1v) is 6.86. The lowest BCUT2D eigenvalue weighted by molar-refractivity contribution is 0.0963. The Morgan fingerprint density at radius 1 is 1.40 bits per heavy atom. The van der Waals surface area contributed by atoms with E-state index in [4.69, 9.17) is 10.8 Å². The third-order valence-corrected chi connectivity index (χ3v) is 3.31. The van der Waals surface area contributed by atoms with Gasteiger partial charge in [0.15, 0.2) is 0 Å². The van der Waals surface area contributed by atoms with Crippen molar-refractivity contribution < 1.29 is 9.90 Å². The van der Waals surface area contributed by atoms with Crippen LogP contribution < -0.4 is 16.4 Å². The third kappa shape index (κ3) is 4.74. The Morgan fingerprint density at radius 3 is 2.65 bits per heavy atom. The van der Waals surface area contributed by atoms with Crippen molar-refractivity contribution in [1.29, 1.82) is 0 Å². The molecule has 0 spiro atoms. The van der Waals surface area contributed by atoms with Crippen LogP contribution in [0.5, 0.6) is 0 Å². The lowest BCUT2D eigenvalue weighted by Crippen LogP contribution is -2.24. The summed E-state index contributed by atoms with van der Waals surface area (Å²) in [5, 5.41) is 14.8. The number of carbonyl (C=O) groups excluding carboxylic acids is 1. The molecule has 0 bridgehead atoms. The number of nitrogens with two attached hydrogens (primary N) is 1. The van der Waals surface area contributed by atoms with E-state index in [1.54, 1.807) is 19.2 Å². The molecule has 1 rings (SSSR count). The smallest absolute Gasteiger partial charge is 0.251 e. The Kier molecular flexibility index (Phi) is 5.82. The Balaban J connectivity index is 2.67. The topological polar surface area (TPSA) is 87.4 Å². The predicted molar refractivity (Wildman–Crippen MR) is 82.8 cm³/mol. The van der Waals surface area contributed by atoms with Crippen molar-refractivity contribution in [3.8, 4) is 0 Å². The van der Waals surface area contributed by atoms with Gasteiger partial charge in [0.25, 0.3) is 5.91 Å². The van der Waals surface area contributed by atoms with Crippen molar-refractivity contribution in [2.75, 3.05) is 31.2 Å². The molecular formula is C15H25N3O2. The van der Waals surface area contributed by atoms with Crippen molar-refractivity contribution in [1.82, 2.24) is 5.32 Å². The van der Waals surface area contributed by atoms with Gasteiger partial charge in [-0.05, 0) is 36.5 Å². The SMILES string of the molecule is CNC(=O)c1ccc(NCC(C)(C)CCCO)c(N)c1. The van der Waals surface area contributed by atoms with Gasteiger partial charge in [-0.3, -0.25) is 4.79 Å². The average molecular weight is 279 g/mol. The number of carbonyl (C=O) groups is 1. The van der Waals surface area contributed by atoms with Gasteiger partial charge in [0.1, 0.15) is 0 Å². The second kappa shape index (κ2) is 7.14. The standard InChI is InChI=1S/C15H25N3O2/c1-15(2,7-4-8-19)10-18-13-6-5-11(9-12(13)16)14(20)17-3/h5-6,9,18-19H,4,7-8,10,16H2,1-3H3,(H,17,20). The van der Waals surface area contributed by atoms with Gasteiger partial charge in [0.05, 0.1) is 11.4 Å². The number of benzene rings is 1. The quantitative estimate of drug-likeness (QED) is 0.574. The molecule has 0 heterocycles. The van der Waals surface area contributed by atoms with Gasteiger partial charge in [-0.2, -0.15) is 0 Å². The van der Waals surface area contributed by atoms with Gasteiger partial charge in [0.2, 0.25) is 0 Å². The summed E-state index contributed by atoms with van der Waals surface area (Å²) in [6.07, 6.45) is 1.73. The first-order valence-electron chi connectivity index (χ1n) is 6.86. The Hall–Kier alpha value is -1.75. The van der Waals surface area contributed by atoms with Gasteiger partial charge >= 0.3 is 0 Å². The number of aliphatic hydroxyl groups is 1. The molecule has 5 N–H and O–H groups in total. The largest absolute Gasteiger partial charge is 0.397 e. The lowest BCUT2D eigenvalue weighted by Gasteiger charge is -2.25. The van der Waals surface area contributed by atoms with Gasteiger partial charge < -0.3 is 21.5 Å². The fourth-order valence-electron chi connectivity index (χ4n) is 1.99. The summed E-state index contributed by atoms with van der Waals surface area (Å²) in [6.45, 7) is 5.26. The van der Waals surface area contributed by atoms with Gasteiger partial charge in [-0.15, -0.1) is 0 Å². The van der Waals surface area contributed by atoms with Crippen LogP contribution in [0.4, 0.5) is 11.4 Å². The zero-order valence-corrected chi connectivity index (χ0v) is 12.5. The molecular weight excluding hydrogens is 254 g/mol. The Morgan fingerprint density at radius 2 is 2.10 bits per heavy atom. The van der Waals surface area contributed by atoms with E-state index in [1.807, 2.05) is 6.07 Å². The zero-order valence-electron chi connectivity index (χ0n) is 12.5. The molecule has 1 amide bonds. The van der Waals surface area contributed by atoms with Crippen LogP contribution in [-0.2, 0) is 0 Å². The molecule has 0 aromatic heterocycles. The summed E-state index contributed by atoms with van der Waals surface area (Å²) < 4.78 is 0. The molecule has 0 saturated carbocycles. The fraction of sp³-hybridized carbons (Fsp3) is 0.533. The second-order valence-corrected chi connectivity index (χ2v) is 5.73. The molecule has 0 atom stereocenters.